The van der Waals surface area contributed by atoms with Gasteiger partial charge in [-0.25, -0.2) is 0 Å². The van der Waals surface area contributed by atoms with Gasteiger partial charge in [0.1, 0.15) is 0 Å². The van der Waals surface area contributed by atoms with E-state index in [-0.39, 0.29) is 5.91 Å². The molecule has 5 nitrogen and oxygen atoms in total. The van der Waals surface area contributed by atoms with Crippen molar-refractivity contribution in [3.63, 3.8) is 0 Å². The molecule has 0 fully saturated rings. The molecule has 0 bridgehead atoms. The van der Waals surface area contributed by atoms with Crippen molar-refractivity contribution >= 4 is 16.7 Å². The van der Waals surface area contributed by atoms with Crippen molar-refractivity contribution in [3.8, 4) is 11.3 Å². The molecule has 0 spiro atoms. The number of rotatable bonds is 5. The van der Waals surface area contributed by atoms with Gasteiger partial charge < -0.3 is 5.32 Å². The number of aromatic nitrogens is 3. The third-order valence-corrected chi connectivity index (χ3v) is 4.25. The highest BCUT2D eigenvalue weighted by atomic mass is 16.1. The summed E-state index contributed by atoms with van der Waals surface area (Å²) < 4.78 is 1.83. The van der Waals surface area contributed by atoms with Crippen LogP contribution in [0.2, 0.25) is 0 Å². The summed E-state index contributed by atoms with van der Waals surface area (Å²) in [5.41, 5.74) is 2.59. The van der Waals surface area contributed by atoms with Gasteiger partial charge in [-0.3, -0.25) is 14.5 Å². The first kappa shape index (κ1) is 16.0. The third-order valence-electron chi connectivity index (χ3n) is 4.25. The van der Waals surface area contributed by atoms with Crippen LogP contribution in [0.5, 0.6) is 0 Å². The number of carbonyl (C=O) groups excluding carboxylic acids is 1. The van der Waals surface area contributed by atoms with Crippen LogP contribution in [0.1, 0.15) is 10.4 Å². The fourth-order valence-corrected chi connectivity index (χ4v) is 2.88. The second-order valence-corrected chi connectivity index (χ2v) is 6.02. The second-order valence-electron chi connectivity index (χ2n) is 6.02. The molecule has 0 aliphatic carbocycles. The van der Waals surface area contributed by atoms with Crippen LogP contribution in [0.25, 0.3) is 22.0 Å². The highest BCUT2D eigenvalue weighted by Gasteiger charge is 2.06. The van der Waals surface area contributed by atoms with Gasteiger partial charge in [-0.1, -0.05) is 30.3 Å². The molecule has 0 radical (unpaired) electrons. The number of nitrogens with one attached hydrogen (secondary N) is 1. The largest absolute Gasteiger partial charge is 0.350 e. The summed E-state index contributed by atoms with van der Waals surface area (Å²) in [4.78, 5) is 16.4. The first-order valence-electron chi connectivity index (χ1n) is 8.50. The average molecular weight is 342 g/mol. The summed E-state index contributed by atoms with van der Waals surface area (Å²) in [6, 6.07) is 19.6. The topological polar surface area (TPSA) is 59.8 Å². The van der Waals surface area contributed by atoms with Crippen molar-refractivity contribution in [3.05, 3.63) is 84.8 Å². The molecule has 2 heterocycles. The van der Waals surface area contributed by atoms with E-state index in [1.807, 2.05) is 71.5 Å². The number of amides is 1. The molecule has 2 aromatic carbocycles. The summed E-state index contributed by atoms with van der Waals surface area (Å²) in [6.07, 6.45) is 5.41. The SMILES string of the molecule is O=C(NCCn1ccc(-c2ccncc2)n1)c1ccc2ccccc2c1. The zero-order valence-electron chi connectivity index (χ0n) is 14.2. The minimum absolute atomic E-state index is 0.0720. The molecule has 0 aliphatic heterocycles. The Labute approximate surface area is 151 Å². The number of carbonyl (C=O) groups is 1. The predicted octanol–water partition coefficient (Wildman–Crippen LogP) is 3.53. The molecule has 5 heteroatoms. The Bertz CT molecular complexity index is 1040. The zero-order valence-corrected chi connectivity index (χ0v) is 14.2. The molecular formula is C21H18N4O. The van der Waals surface area contributed by atoms with E-state index in [1.165, 1.54) is 0 Å². The van der Waals surface area contributed by atoms with E-state index < -0.39 is 0 Å². The monoisotopic (exact) mass is 342 g/mol. The van der Waals surface area contributed by atoms with E-state index in [2.05, 4.69) is 15.4 Å². The van der Waals surface area contributed by atoms with E-state index in [0.29, 0.717) is 18.7 Å². The fraction of sp³-hybridized carbons (Fsp3) is 0.0952. The minimum Gasteiger partial charge on any atom is -0.350 e. The Morgan fingerprint density at radius 3 is 2.62 bits per heavy atom. The van der Waals surface area contributed by atoms with Gasteiger partial charge in [0, 0.05) is 36.3 Å². The molecule has 0 atom stereocenters. The summed E-state index contributed by atoms with van der Waals surface area (Å²) in [6.45, 7) is 1.13. The van der Waals surface area contributed by atoms with Gasteiger partial charge in [0.2, 0.25) is 0 Å². The van der Waals surface area contributed by atoms with Crippen LogP contribution >= 0.6 is 0 Å². The van der Waals surface area contributed by atoms with Gasteiger partial charge in [-0.15, -0.1) is 0 Å². The van der Waals surface area contributed by atoms with Gasteiger partial charge in [-0.05, 0) is 41.1 Å². The molecule has 4 aromatic rings. The van der Waals surface area contributed by atoms with Crippen molar-refractivity contribution < 1.29 is 4.79 Å². The van der Waals surface area contributed by atoms with Gasteiger partial charge in [0.25, 0.3) is 5.91 Å². The summed E-state index contributed by atoms with van der Waals surface area (Å²) in [5.74, 6) is -0.0720. The first-order chi connectivity index (χ1) is 12.8. The number of hydrogen-bond acceptors (Lipinski definition) is 3. The van der Waals surface area contributed by atoms with Crippen molar-refractivity contribution in [2.75, 3.05) is 6.54 Å². The maximum atomic E-state index is 12.4. The quantitative estimate of drug-likeness (QED) is 0.603. The average Bonchev–Trinajstić information content (AvgIpc) is 3.17. The lowest BCUT2D eigenvalue weighted by molar-refractivity contribution is 0.0952. The predicted molar refractivity (Wildman–Crippen MR) is 102 cm³/mol. The van der Waals surface area contributed by atoms with Crippen LogP contribution in [0.4, 0.5) is 0 Å². The number of fused-ring (bicyclic) bond motifs is 1. The molecule has 26 heavy (non-hydrogen) atoms. The minimum atomic E-state index is -0.0720. The van der Waals surface area contributed by atoms with E-state index in [4.69, 9.17) is 0 Å². The molecule has 4 rings (SSSR count). The summed E-state index contributed by atoms with van der Waals surface area (Å²) >= 11 is 0. The molecule has 1 N–H and O–H groups in total. The van der Waals surface area contributed by atoms with E-state index >= 15 is 0 Å². The molecule has 0 saturated heterocycles. The Balaban J connectivity index is 1.37. The Morgan fingerprint density at radius 2 is 1.77 bits per heavy atom. The second kappa shape index (κ2) is 7.19. The smallest absolute Gasteiger partial charge is 0.251 e. The molecule has 0 saturated carbocycles. The van der Waals surface area contributed by atoms with Crippen LogP contribution in [0, 0.1) is 0 Å². The van der Waals surface area contributed by atoms with Crippen molar-refractivity contribution in [2.45, 2.75) is 6.54 Å². The lowest BCUT2D eigenvalue weighted by atomic mass is 10.1. The van der Waals surface area contributed by atoms with Crippen LogP contribution in [0.3, 0.4) is 0 Å². The van der Waals surface area contributed by atoms with E-state index in [0.717, 1.165) is 22.0 Å². The van der Waals surface area contributed by atoms with Crippen molar-refractivity contribution in [1.82, 2.24) is 20.1 Å². The summed E-state index contributed by atoms with van der Waals surface area (Å²) in [7, 11) is 0. The molecule has 0 unspecified atom stereocenters. The number of hydrogen-bond donors (Lipinski definition) is 1. The normalized spacial score (nSPS) is 10.8. The van der Waals surface area contributed by atoms with Gasteiger partial charge in [-0.2, -0.15) is 5.10 Å². The number of nitrogens with zero attached hydrogens (tertiary/aromatic N) is 3. The van der Waals surface area contributed by atoms with Crippen molar-refractivity contribution in [1.29, 1.82) is 0 Å². The lowest BCUT2D eigenvalue weighted by Crippen LogP contribution is -2.27. The van der Waals surface area contributed by atoms with E-state index in [1.54, 1.807) is 12.4 Å². The maximum absolute atomic E-state index is 12.4. The molecule has 0 aliphatic rings. The zero-order chi connectivity index (χ0) is 17.8. The highest BCUT2D eigenvalue weighted by molar-refractivity contribution is 5.98. The third kappa shape index (κ3) is 3.47. The van der Waals surface area contributed by atoms with Crippen LogP contribution < -0.4 is 5.32 Å². The first-order valence-corrected chi connectivity index (χ1v) is 8.50. The van der Waals surface area contributed by atoms with Gasteiger partial charge in [0.15, 0.2) is 0 Å². The summed E-state index contributed by atoms with van der Waals surface area (Å²) in [5, 5.41) is 9.67. The fourth-order valence-electron chi connectivity index (χ4n) is 2.88. The number of benzene rings is 2. The van der Waals surface area contributed by atoms with Crippen molar-refractivity contribution in [2.24, 2.45) is 0 Å². The maximum Gasteiger partial charge on any atom is 0.251 e. The Kier molecular flexibility index (Phi) is 4.43. The molecule has 128 valence electrons. The number of pyridine rings is 1. The van der Waals surface area contributed by atoms with Gasteiger partial charge >= 0.3 is 0 Å². The Hall–Kier alpha value is -3.47. The standard InChI is InChI=1S/C21H18N4O/c26-21(19-6-5-16-3-1-2-4-18(16)15-19)23-12-14-25-13-9-20(24-25)17-7-10-22-11-8-17/h1-11,13,15H,12,14H2,(H,23,26). The molecule has 1 amide bonds. The van der Waals surface area contributed by atoms with E-state index in [9.17, 15) is 4.79 Å². The Morgan fingerprint density at radius 1 is 0.962 bits per heavy atom. The molecule has 2 aromatic heterocycles. The lowest BCUT2D eigenvalue weighted by Gasteiger charge is -2.07. The van der Waals surface area contributed by atoms with Crippen LogP contribution in [-0.4, -0.2) is 27.2 Å². The molecular weight excluding hydrogens is 324 g/mol. The van der Waals surface area contributed by atoms with Crippen LogP contribution in [-0.2, 0) is 6.54 Å². The highest BCUT2D eigenvalue weighted by Crippen LogP contribution is 2.16. The van der Waals surface area contributed by atoms with Gasteiger partial charge in [0.05, 0.1) is 12.2 Å². The van der Waals surface area contributed by atoms with Crippen LogP contribution in [0.15, 0.2) is 79.3 Å².